The number of carboxylic acid groups (broad SMARTS) is 1. The Bertz CT molecular complexity index is 589. The maximum Gasteiger partial charge on any atom is 0.304 e. The molecule has 0 fully saturated rings. The normalized spacial score (nSPS) is 13.2. The van der Waals surface area contributed by atoms with Crippen molar-refractivity contribution >= 4 is 16.0 Å². The van der Waals surface area contributed by atoms with Crippen molar-refractivity contribution in [3.8, 4) is 0 Å². The van der Waals surface area contributed by atoms with Crippen molar-refractivity contribution in [1.82, 2.24) is 4.72 Å². The maximum atomic E-state index is 13.0. The summed E-state index contributed by atoms with van der Waals surface area (Å²) in [4.78, 5) is 10.2. The number of aliphatic carboxylic acids is 1. The number of carboxylic acids is 1. The van der Waals surface area contributed by atoms with Gasteiger partial charge >= 0.3 is 5.97 Å². The van der Waals surface area contributed by atoms with Gasteiger partial charge in [-0.1, -0.05) is 13.3 Å². The lowest BCUT2D eigenvalue weighted by Gasteiger charge is -2.16. The van der Waals surface area contributed by atoms with Crippen LogP contribution in [0.2, 0.25) is 0 Å². The number of hydrogen-bond acceptors (Lipinski definition) is 3. The predicted molar refractivity (Wildman–Crippen MR) is 67.6 cm³/mol. The lowest BCUT2D eigenvalue weighted by Crippen LogP contribution is -2.36. The molecule has 0 aliphatic rings. The van der Waals surface area contributed by atoms with E-state index in [-0.39, 0.29) is 6.42 Å². The molecule has 1 rings (SSSR count). The van der Waals surface area contributed by atoms with E-state index in [1.54, 1.807) is 6.92 Å². The Morgan fingerprint density at radius 2 is 2.00 bits per heavy atom. The molecule has 1 aromatic rings. The van der Waals surface area contributed by atoms with Crippen LogP contribution >= 0.6 is 0 Å². The summed E-state index contributed by atoms with van der Waals surface area (Å²) in [6.07, 6.45) is 0.532. The lowest BCUT2D eigenvalue weighted by atomic mass is 10.1. The molecule has 20 heavy (non-hydrogen) atoms. The fourth-order valence-electron chi connectivity index (χ4n) is 1.69. The smallest absolute Gasteiger partial charge is 0.304 e. The van der Waals surface area contributed by atoms with E-state index in [2.05, 4.69) is 4.72 Å². The van der Waals surface area contributed by atoms with Crippen LogP contribution < -0.4 is 4.72 Å². The number of benzene rings is 1. The highest BCUT2D eigenvalue weighted by atomic mass is 32.2. The monoisotopic (exact) mass is 307 g/mol. The summed E-state index contributed by atoms with van der Waals surface area (Å²) in [5, 5.41) is 8.71. The number of rotatable bonds is 7. The topological polar surface area (TPSA) is 83.5 Å². The second-order valence-electron chi connectivity index (χ2n) is 4.28. The van der Waals surface area contributed by atoms with E-state index < -0.39 is 38.6 Å². The van der Waals surface area contributed by atoms with Gasteiger partial charge in [-0.3, -0.25) is 4.79 Å². The Balaban J connectivity index is 2.96. The van der Waals surface area contributed by atoms with Gasteiger partial charge in [0.05, 0.1) is 11.3 Å². The van der Waals surface area contributed by atoms with Gasteiger partial charge in [0, 0.05) is 6.04 Å². The molecule has 0 bridgehead atoms. The van der Waals surface area contributed by atoms with Gasteiger partial charge in [-0.15, -0.1) is 0 Å². The quantitative estimate of drug-likeness (QED) is 0.805. The van der Waals surface area contributed by atoms with Gasteiger partial charge in [-0.05, 0) is 24.6 Å². The van der Waals surface area contributed by atoms with Crippen LogP contribution in [-0.2, 0) is 14.8 Å². The first-order chi connectivity index (χ1) is 9.26. The van der Waals surface area contributed by atoms with Crippen molar-refractivity contribution in [3.05, 3.63) is 29.8 Å². The Morgan fingerprint density at radius 1 is 1.35 bits per heavy atom. The average Bonchev–Trinajstić information content (AvgIpc) is 2.31. The standard InChI is InChI=1S/C12H15F2NO4S/c1-2-3-8(6-12(16)17)15-20(18,19)9-4-5-10(13)11(14)7-9/h4-5,7-8,15H,2-3,6H2,1H3,(H,16,17). The van der Waals surface area contributed by atoms with E-state index in [4.69, 9.17) is 5.11 Å². The molecule has 2 N–H and O–H groups in total. The minimum Gasteiger partial charge on any atom is -0.481 e. The number of halogens is 2. The first-order valence-electron chi connectivity index (χ1n) is 5.95. The molecule has 112 valence electrons. The van der Waals surface area contributed by atoms with Crippen LogP contribution in [-0.4, -0.2) is 25.5 Å². The van der Waals surface area contributed by atoms with Gasteiger partial charge in [-0.25, -0.2) is 21.9 Å². The average molecular weight is 307 g/mol. The summed E-state index contributed by atoms with van der Waals surface area (Å²) in [6.45, 7) is 1.78. The summed E-state index contributed by atoms with van der Waals surface area (Å²) in [5.41, 5.74) is 0. The zero-order valence-electron chi connectivity index (χ0n) is 10.8. The second kappa shape index (κ2) is 6.76. The zero-order chi connectivity index (χ0) is 15.3. The molecule has 1 aromatic carbocycles. The van der Waals surface area contributed by atoms with Crippen LogP contribution in [0.15, 0.2) is 23.1 Å². The first-order valence-corrected chi connectivity index (χ1v) is 7.43. The largest absolute Gasteiger partial charge is 0.481 e. The van der Waals surface area contributed by atoms with Crippen LogP contribution in [0.25, 0.3) is 0 Å². The highest BCUT2D eigenvalue weighted by Gasteiger charge is 2.22. The molecule has 0 aliphatic heterocycles. The van der Waals surface area contributed by atoms with Crippen LogP contribution in [0.3, 0.4) is 0 Å². The number of hydrogen-bond donors (Lipinski definition) is 2. The van der Waals surface area contributed by atoms with Crippen LogP contribution in [0, 0.1) is 11.6 Å². The minimum absolute atomic E-state index is 0.329. The lowest BCUT2D eigenvalue weighted by molar-refractivity contribution is -0.137. The third-order valence-corrected chi connectivity index (χ3v) is 4.10. The summed E-state index contributed by atoms with van der Waals surface area (Å²) in [5.74, 6) is -3.57. The van der Waals surface area contributed by atoms with E-state index in [0.717, 1.165) is 6.07 Å². The second-order valence-corrected chi connectivity index (χ2v) is 5.99. The van der Waals surface area contributed by atoms with Gasteiger partial charge in [0.25, 0.3) is 0 Å². The van der Waals surface area contributed by atoms with Crippen molar-refractivity contribution in [3.63, 3.8) is 0 Å². The first kappa shape index (κ1) is 16.5. The minimum atomic E-state index is -4.09. The molecule has 8 heteroatoms. The molecule has 0 saturated carbocycles. The summed E-state index contributed by atoms with van der Waals surface area (Å²) in [6, 6.07) is 1.39. The van der Waals surface area contributed by atoms with Crippen molar-refractivity contribution in [1.29, 1.82) is 0 Å². The SMILES string of the molecule is CCCC(CC(=O)O)NS(=O)(=O)c1ccc(F)c(F)c1. The Kier molecular flexibility index (Phi) is 5.58. The Hall–Kier alpha value is -1.54. The van der Waals surface area contributed by atoms with Crippen molar-refractivity contribution in [2.45, 2.75) is 37.1 Å². The fourth-order valence-corrected chi connectivity index (χ4v) is 2.98. The molecule has 0 radical (unpaired) electrons. The molecule has 0 saturated heterocycles. The third kappa shape index (κ3) is 4.53. The molecular formula is C12H15F2NO4S. The molecule has 0 aliphatic carbocycles. The van der Waals surface area contributed by atoms with E-state index >= 15 is 0 Å². The number of nitrogens with one attached hydrogen (secondary N) is 1. The van der Waals surface area contributed by atoms with Gasteiger partial charge < -0.3 is 5.11 Å². The molecule has 1 unspecified atom stereocenters. The molecule has 0 aromatic heterocycles. The molecule has 0 spiro atoms. The van der Waals surface area contributed by atoms with Crippen molar-refractivity contribution < 1.29 is 27.1 Å². The van der Waals surface area contributed by atoms with Gasteiger partial charge in [-0.2, -0.15) is 0 Å². The molecular weight excluding hydrogens is 292 g/mol. The van der Waals surface area contributed by atoms with E-state index in [0.29, 0.717) is 25.0 Å². The highest BCUT2D eigenvalue weighted by molar-refractivity contribution is 7.89. The van der Waals surface area contributed by atoms with Gasteiger partial charge in [0.1, 0.15) is 0 Å². The highest BCUT2D eigenvalue weighted by Crippen LogP contribution is 2.15. The Morgan fingerprint density at radius 3 is 2.50 bits per heavy atom. The summed E-state index contributed by atoms with van der Waals surface area (Å²) in [7, 11) is -4.09. The number of sulfonamides is 1. The molecule has 5 nitrogen and oxygen atoms in total. The predicted octanol–water partition coefficient (Wildman–Crippen LogP) is 1.89. The van der Waals surface area contributed by atoms with Gasteiger partial charge in [0.15, 0.2) is 11.6 Å². The van der Waals surface area contributed by atoms with Crippen molar-refractivity contribution in [2.24, 2.45) is 0 Å². The van der Waals surface area contributed by atoms with Crippen molar-refractivity contribution in [2.75, 3.05) is 0 Å². The van der Waals surface area contributed by atoms with E-state index in [9.17, 15) is 22.0 Å². The molecule has 0 heterocycles. The molecule has 1 atom stereocenters. The van der Waals surface area contributed by atoms with E-state index in [1.165, 1.54) is 0 Å². The van der Waals surface area contributed by atoms with E-state index in [1.807, 2.05) is 0 Å². The third-order valence-electron chi connectivity index (χ3n) is 2.58. The van der Waals surface area contributed by atoms with Crippen LogP contribution in [0.1, 0.15) is 26.2 Å². The Labute approximate surface area is 115 Å². The number of carbonyl (C=O) groups is 1. The fraction of sp³-hybridized carbons (Fsp3) is 0.417. The zero-order valence-corrected chi connectivity index (χ0v) is 11.6. The van der Waals surface area contributed by atoms with Gasteiger partial charge in [0.2, 0.25) is 10.0 Å². The summed E-state index contributed by atoms with van der Waals surface area (Å²) < 4.78 is 51.9. The van der Waals surface area contributed by atoms with Crippen LogP contribution in [0.5, 0.6) is 0 Å². The maximum absolute atomic E-state index is 13.0. The van der Waals surface area contributed by atoms with Crippen LogP contribution in [0.4, 0.5) is 8.78 Å². The summed E-state index contributed by atoms with van der Waals surface area (Å²) >= 11 is 0. The molecule has 0 amide bonds.